The zero-order chi connectivity index (χ0) is 18.9. The Bertz CT molecular complexity index is 676. The number of anilines is 2. The van der Waals surface area contributed by atoms with E-state index >= 15 is 0 Å². The van der Waals surface area contributed by atoms with Crippen molar-refractivity contribution in [3.8, 4) is 0 Å². The number of likely N-dealkylation sites (N-methyl/N-ethyl adjacent to an activating group) is 1. The standard InChI is InChI=1S/C20H31N5O2/c1-3-27-16-11-15(20(16)7-5-4-6-8-20)23-17-12-18(22-14-21-17)25-10-9-24(2)19(26)13-25/h12,14-16H,3-11,13H2,1-2H3,(H,21,22,23). The van der Waals surface area contributed by atoms with Crippen LogP contribution in [0.1, 0.15) is 45.4 Å². The van der Waals surface area contributed by atoms with Gasteiger partial charge < -0.3 is 19.9 Å². The van der Waals surface area contributed by atoms with Gasteiger partial charge in [-0.1, -0.05) is 19.3 Å². The van der Waals surface area contributed by atoms with Crippen molar-refractivity contribution in [3.63, 3.8) is 0 Å². The average molecular weight is 374 g/mol. The van der Waals surface area contributed by atoms with Gasteiger partial charge >= 0.3 is 0 Å². The molecule has 7 heteroatoms. The van der Waals surface area contributed by atoms with E-state index in [1.165, 1.54) is 32.1 Å². The lowest BCUT2D eigenvalue weighted by Gasteiger charge is -2.57. The summed E-state index contributed by atoms with van der Waals surface area (Å²) < 4.78 is 6.06. The van der Waals surface area contributed by atoms with Gasteiger partial charge in [0.15, 0.2) is 0 Å². The van der Waals surface area contributed by atoms with Crippen LogP contribution in [0.3, 0.4) is 0 Å². The minimum absolute atomic E-state index is 0.133. The van der Waals surface area contributed by atoms with Crippen molar-refractivity contribution in [1.29, 1.82) is 0 Å². The Balaban J connectivity index is 1.46. The maximum absolute atomic E-state index is 12.0. The van der Waals surface area contributed by atoms with Crippen molar-refractivity contribution >= 4 is 17.5 Å². The van der Waals surface area contributed by atoms with Crippen molar-refractivity contribution in [2.24, 2.45) is 5.41 Å². The zero-order valence-electron chi connectivity index (χ0n) is 16.5. The number of hydrogen-bond acceptors (Lipinski definition) is 6. The van der Waals surface area contributed by atoms with E-state index in [0.29, 0.717) is 18.7 Å². The van der Waals surface area contributed by atoms with Gasteiger partial charge in [-0.25, -0.2) is 9.97 Å². The van der Waals surface area contributed by atoms with Gasteiger partial charge in [0.25, 0.3) is 0 Å². The highest BCUT2D eigenvalue weighted by Crippen LogP contribution is 2.54. The van der Waals surface area contributed by atoms with Crippen LogP contribution in [0.5, 0.6) is 0 Å². The molecule has 2 unspecified atom stereocenters. The molecule has 1 saturated heterocycles. The molecule has 2 atom stereocenters. The predicted octanol–water partition coefficient (Wildman–Crippen LogP) is 2.29. The Morgan fingerprint density at radius 1 is 1.26 bits per heavy atom. The Morgan fingerprint density at radius 2 is 2.07 bits per heavy atom. The van der Waals surface area contributed by atoms with Crippen LogP contribution in [0.4, 0.5) is 11.6 Å². The van der Waals surface area contributed by atoms with Crippen molar-refractivity contribution < 1.29 is 9.53 Å². The molecule has 1 N–H and O–H groups in total. The molecule has 0 aromatic carbocycles. The van der Waals surface area contributed by atoms with Crippen molar-refractivity contribution in [2.75, 3.05) is 43.5 Å². The fourth-order valence-corrected chi connectivity index (χ4v) is 5.00. The van der Waals surface area contributed by atoms with Crippen LogP contribution in [-0.4, -0.2) is 66.2 Å². The van der Waals surface area contributed by atoms with E-state index in [2.05, 4.69) is 22.2 Å². The molecular weight excluding hydrogens is 342 g/mol. The molecule has 3 fully saturated rings. The lowest BCUT2D eigenvalue weighted by Crippen LogP contribution is -2.62. The van der Waals surface area contributed by atoms with Crippen LogP contribution in [0, 0.1) is 5.41 Å². The molecule has 27 heavy (non-hydrogen) atoms. The zero-order valence-corrected chi connectivity index (χ0v) is 16.5. The van der Waals surface area contributed by atoms with Crippen molar-refractivity contribution in [2.45, 2.75) is 57.6 Å². The Hall–Kier alpha value is -1.89. The number of amides is 1. The number of aromatic nitrogens is 2. The van der Waals surface area contributed by atoms with E-state index < -0.39 is 0 Å². The second kappa shape index (κ2) is 7.62. The first-order chi connectivity index (χ1) is 13.1. The number of ether oxygens (including phenoxy) is 1. The van der Waals surface area contributed by atoms with Gasteiger partial charge in [-0.05, 0) is 26.2 Å². The number of hydrogen-bond donors (Lipinski definition) is 1. The molecule has 2 saturated carbocycles. The number of carbonyl (C=O) groups is 1. The summed E-state index contributed by atoms with van der Waals surface area (Å²) >= 11 is 0. The number of nitrogens with zero attached hydrogens (tertiary/aromatic N) is 4. The summed E-state index contributed by atoms with van der Waals surface area (Å²) in [6, 6.07) is 2.40. The van der Waals surface area contributed by atoms with Crippen LogP contribution >= 0.6 is 0 Å². The van der Waals surface area contributed by atoms with Gasteiger partial charge in [0.1, 0.15) is 18.0 Å². The maximum atomic E-state index is 12.0. The summed E-state index contributed by atoms with van der Waals surface area (Å²) in [5.41, 5.74) is 0.253. The van der Waals surface area contributed by atoms with Gasteiger partial charge in [0.05, 0.1) is 12.6 Å². The SMILES string of the molecule is CCOC1CC(Nc2cc(N3CCN(C)C(=O)C3)ncn2)C12CCCCC2. The number of nitrogens with one attached hydrogen (secondary N) is 1. The molecule has 148 valence electrons. The van der Waals surface area contributed by atoms with Crippen LogP contribution in [0.25, 0.3) is 0 Å². The quantitative estimate of drug-likeness (QED) is 0.854. The molecule has 2 heterocycles. The fraction of sp³-hybridized carbons (Fsp3) is 0.750. The Kier molecular flexibility index (Phi) is 5.21. The predicted molar refractivity (Wildman–Crippen MR) is 105 cm³/mol. The molecule has 3 aliphatic rings. The first kappa shape index (κ1) is 18.5. The third-order valence-electron chi connectivity index (χ3n) is 6.69. The van der Waals surface area contributed by atoms with Gasteiger partial charge in [-0.2, -0.15) is 0 Å². The molecule has 1 aromatic rings. The van der Waals surface area contributed by atoms with E-state index in [0.717, 1.165) is 37.8 Å². The molecule has 0 bridgehead atoms. The molecular formula is C20H31N5O2. The molecule has 1 spiro atoms. The van der Waals surface area contributed by atoms with Gasteiger partial charge in [-0.15, -0.1) is 0 Å². The lowest BCUT2D eigenvalue weighted by atomic mass is 9.55. The fourth-order valence-electron chi connectivity index (χ4n) is 5.00. The second-order valence-electron chi connectivity index (χ2n) is 8.17. The molecule has 1 amide bonds. The van der Waals surface area contributed by atoms with E-state index in [1.54, 1.807) is 11.2 Å². The largest absolute Gasteiger partial charge is 0.378 e. The van der Waals surface area contributed by atoms with Gasteiger partial charge in [0.2, 0.25) is 5.91 Å². The molecule has 1 aromatic heterocycles. The first-order valence-corrected chi connectivity index (χ1v) is 10.3. The molecule has 7 nitrogen and oxygen atoms in total. The Labute approximate surface area is 161 Å². The summed E-state index contributed by atoms with van der Waals surface area (Å²) in [5.74, 6) is 1.82. The van der Waals surface area contributed by atoms with Crippen LogP contribution in [0.2, 0.25) is 0 Å². The third kappa shape index (κ3) is 3.49. The van der Waals surface area contributed by atoms with E-state index in [-0.39, 0.29) is 11.3 Å². The number of piperazine rings is 1. The normalized spacial score (nSPS) is 27.6. The molecule has 0 radical (unpaired) electrons. The van der Waals surface area contributed by atoms with Crippen LogP contribution < -0.4 is 10.2 Å². The first-order valence-electron chi connectivity index (χ1n) is 10.3. The monoisotopic (exact) mass is 373 g/mol. The van der Waals surface area contributed by atoms with Gasteiger partial charge in [-0.3, -0.25) is 4.79 Å². The maximum Gasteiger partial charge on any atom is 0.241 e. The Morgan fingerprint density at radius 3 is 2.81 bits per heavy atom. The summed E-state index contributed by atoms with van der Waals surface area (Å²) in [4.78, 5) is 24.7. The molecule has 4 rings (SSSR count). The summed E-state index contributed by atoms with van der Waals surface area (Å²) in [7, 11) is 1.85. The van der Waals surface area contributed by atoms with E-state index in [9.17, 15) is 4.79 Å². The van der Waals surface area contributed by atoms with Crippen molar-refractivity contribution in [1.82, 2.24) is 14.9 Å². The minimum Gasteiger partial charge on any atom is -0.378 e. The second-order valence-corrected chi connectivity index (χ2v) is 8.17. The highest BCUT2D eigenvalue weighted by atomic mass is 16.5. The van der Waals surface area contributed by atoms with Crippen LogP contribution in [0.15, 0.2) is 12.4 Å². The summed E-state index contributed by atoms with van der Waals surface area (Å²) in [6.07, 6.45) is 9.41. The van der Waals surface area contributed by atoms with E-state index in [1.807, 2.05) is 18.0 Å². The number of rotatable bonds is 5. The molecule has 2 aliphatic carbocycles. The third-order valence-corrected chi connectivity index (χ3v) is 6.69. The molecule has 1 aliphatic heterocycles. The minimum atomic E-state index is 0.133. The number of carbonyl (C=O) groups excluding carboxylic acids is 1. The topological polar surface area (TPSA) is 70.6 Å². The average Bonchev–Trinajstić information content (AvgIpc) is 2.70. The highest BCUT2D eigenvalue weighted by molar-refractivity contribution is 5.82. The lowest BCUT2D eigenvalue weighted by molar-refractivity contribution is -0.134. The van der Waals surface area contributed by atoms with Crippen molar-refractivity contribution in [3.05, 3.63) is 12.4 Å². The summed E-state index contributed by atoms with van der Waals surface area (Å²) in [5, 5.41) is 3.67. The van der Waals surface area contributed by atoms with Gasteiger partial charge in [0, 0.05) is 44.3 Å². The summed E-state index contributed by atoms with van der Waals surface area (Å²) in [6.45, 7) is 4.79. The smallest absolute Gasteiger partial charge is 0.241 e. The van der Waals surface area contributed by atoms with Crippen LogP contribution in [-0.2, 0) is 9.53 Å². The highest BCUT2D eigenvalue weighted by Gasteiger charge is 2.55. The van der Waals surface area contributed by atoms with E-state index in [4.69, 9.17) is 4.74 Å².